The molecule has 0 radical (unpaired) electrons. The van der Waals surface area contributed by atoms with Crippen molar-refractivity contribution in [1.82, 2.24) is 4.90 Å². The van der Waals surface area contributed by atoms with Crippen molar-refractivity contribution in [3.05, 3.63) is 0 Å². The van der Waals surface area contributed by atoms with Gasteiger partial charge in [0, 0.05) is 19.5 Å². The third-order valence-electron chi connectivity index (χ3n) is 2.35. The summed E-state index contributed by atoms with van der Waals surface area (Å²) in [5.41, 5.74) is 0. The standard InChI is InChI=1S/C8H13NO4/c10-7(11)5-6-1-3-9(4-2-6)8(12)13/h6H,1-5H2,(H,10,11)(H,12,13). The zero-order chi connectivity index (χ0) is 9.84. The quantitative estimate of drug-likeness (QED) is 0.671. The van der Waals surface area contributed by atoms with Gasteiger partial charge in [-0.2, -0.15) is 0 Å². The minimum absolute atomic E-state index is 0.146. The molecule has 74 valence electrons. The Balaban J connectivity index is 2.30. The topological polar surface area (TPSA) is 77.8 Å². The van der Waals surface area contributed by atoms with E-state index in [-0.39, 0.29) is 12.3 Å². The van der Waals surface area contributed by atoms with Crippen LogP contribution in [0.3, 0.4) is 0 Å². The molecule has 13 heavy (non-hydrogen) atoms. The van der Waals surface area contributed by atoms with Crippen LogP contribution in [0, 0.1) is 5.92 Å². The van der Waals surface area contributed by atoms with Crippen LogP contribution in [-0.4, -0.2) is 40.3 Å². The van der Waals surface area contributed by atoms with Gasteiger partial charge in [0.2, 0.25) is 0 Å². The smallest absolute Gasteiger partial charge is 0.407 e. The molecule has 0 atom stereocenters. The third kappa shape index (κ3) is 2.93. The number of hydrogen-bond donors (Lipinski definition) is 2. The Morgan fingerprint density at radius 1 is 1.23 bits per heavy atom. The second kappa shape index (κ2) is 4.11. The molecule has 5 nitrogen and oxygen atoms in total. The molecule has 1 aliphatic rings. The van der Waals surface area contributed by atoms with E-state index in [2.05, 4.69) is 0 Å². The lowest BCUT2D eigenvalue weighted by Crippen LogP contribution is -2.37. The predicted octanol–water partition coefficient (Wildman–Crippen LogP) is 0.851. The first-order chi connectivity index (χ1) is 6.09. The second-order valence-corrected chi connectivity index (χ2v) is 3.31. The summed E-state index contributed by atoms with van der Waals surface area (Å²) in [6, 6.07) is 0. The minimum Gasteiger partial charge on any atom is -0.481 e. The van der Waals surface area contributed by atoms with Gasteiger partial charge in [-0.25, -0.2) is 4.79 Å². The molecule has 1 amide bonds. The maximum atomic E-state index is 10.5. The van der Waals surface area contributed by atoms with Gasteiger partial charge in [-0.05, 0) is 18.8 Å². The number of nitrogens with zero attached hydrogens (tertiary/aromatic N) is 1. The van der Waals surface area contributed by atoms with Crippen LogP contribution in [0.4, 0.5) is 4.79 Å². The highest BCUT2D eigenvalue weighted by Gasteiger charge is 2.23. The highest BCUT2D eigenvalue weighted by molar-refractivity contribution is 5.67. The molecule has 0 bridgehead atoms. The van der Waals surface area contributed by atoms with Gasteiger partial charge in [-0.15, -0.1) is 0 Å². The zero-order valence-corrected chi connectivity index (χ0v) is 7.27. The van der Waals surface area contributed by atoms with Crippen molar-refractivity contribution in [2.24, 2.45) is 5.92 Å². The Morgan fingerprint density at radius 3 is 2.15 bits per heavy atom. The summed E-state index contributed by atoms with van der Waals surface area (Å²) in [7, 11) is 0. The van der Waals surface area contributed by atoms with E-state index in [4.69, 9.17) is 10.2 Å². The summed E-state index contributed by atoms with van der Waals surface area (Å²) in [6.07, 6.45) is 0.582. The van der Waals surface area contributed by atoms with Crippen LogP contribution in [0.2, 0.25) is 0 Å². The molecule has 0 unspecified atom stereocenters. The van der Waals surface area contributed by atoms with Crippen molar-refractivity contribution in [3.8, 4) is 0 Å². The SMILES string of the molecule is O=C(O)CC1CCN(C(=O)O)CC1. The highest BCUT2D eigenvalue weighted by atomic mass is 16.4. The number of carboxylic acids is 1. The summed E-state index contributed by atoms with van der Waals surface area (Å²) in [5, 5.41) is 17.1. The largest absolute Gasteiger partial charge is 0.481 e. The first kappa shape index (κ1) is 9.83. The molecule has 0 saturated carbocycles. The molecule has 1 rings (SSSR count). The summed E-state index contributed by atoms with van der Waals surface area (Å²) in [6.45, 7) is 0.931. The number of likely N-dealkylation sites (tertiary alicyclic amines) is 1. The highest BCUT2D eigenvalue weighted by Crippen LogP contribution is 2.20. The fraction of sp³-hybridized carbons (Fsp3) is 0.750. The van der Waals surface area contributed by atoms with Crippen molar-refractivity contribution in [1.29, 1.82) is 0 Å². The summed E-state index contributed by atoms with van der Waals surface area (Å²) in [4.78, 5) is 22.2. The molecule has 0 aromatic carbocycles. The monoisotopic (exact) mass is 187 g/mol. The zero-order valence-electron chi connectivity index (χ0n) is 7.27. The van der Waals surface area contributed by atoms with Gasteiger partial charge >= 0.3 is 12.1 Å². The molecule has 0 spiro atoms. The number of amides is 1. The number of carboxylic acid groups (broad SMARTS) is 2. The maximum Gasteiger partial charge on any atom is 0.407 e. The van der Waals surface area contributed by atoms with Crippen LogP contribution >= 0.6 is 0 Å². The summed E-state index contributed by atoms with van der Waals surface area (Å²) < 4.78 is 0. The van der Waals surface area contributed by atoms with Crippen LogP contribution in [0.25, 0.3) is 0 Å². The molecule has 0 aliphatic carbocycles. The molecule has 1 fully saturated rings. The molecule has 1 aliphatic heterocycles. The van der Waals surface area contributed by atoms with E-state index in [0.717, 1.165) is 0 Å². The molecule has 2 N–H and O–H groups in total. The molecular formula is C8H13NO4. The lowest BCUT2D eigenvalue weighted by molar-refractivity contribution is -0.138. The van der Waals surface area contributed by atoms with E-state index < -0.39 is 12.1 Å². The fourth-order valence-corrected chi connectivity index (χ4v) is 1.58. The van der Waals surface area contributed by atoms with Crippen molar-refractivity contribution in [2.45, 2.75) is 19.3 Å². The lowest BCUT2D eigenvalue weighted by Gasteiger charge is -2.28. The second-order valence-electron chi connectivity index (χ2n) is 3.31. The fourth-order valence-electron chi connectivity index (χ4n) is 1.58. The van der Waals surface area contributed by atoms with E-state index in [1.807, 2.05) is 0 Å². The van der Waals surface area contributed by atoms with Crippen LogP contribution in [0.5, 0.6) is 0 Å². The first-order valence-corrected chi connectivity index (χ1v) is 4.29. The Bertz CT molecular complexity index is 208. The number of carbonyl (C=O) groups is 2. The normalized spacial score (nSPS) is 18.6. The van der Waals surface area contributed by atoms with Crippen molar-refractivity contribution in [3.63, 3.8) is 0 Å². The van der Waals surface area contributed by atoms with Crippen LogP contribution in [-0.2, 0) is 4.79 Å². The van der Waals surface area contributed by atoms with Crippen molar-refractivity contribution < 1.29 is 19.8 Å². The maximum absolute atomic E-state index is 10.5. The van der Waals surface area contributed by atoms with E-state index in [1.54, 1.807) is 0 Å². The average Bonchev–Trinajstić information content (AvgIpc) is 2.04. The van der Waals surface area contributed by atoms with Crippen LogP contribution in [0.15, 0.2) is 0 Å². The third-order valence-corrected chi connectivity index (χ3v) is 2.35. The van der Waals surface area contributed by atoms with Gasteiger partial charge in [0.05, 0.1) is 0 Å². The van der Waals surface area contributed by atoms with Crippen molar-refractivity contribution in [2.75, 3.05) is 13.1 Å². The molecule has 0 aromatic rings. The number of rotatable bonds is 2. The van der Waals surface area contributed by atoms with Gasteiger partial charge < -0.3 is 15.1 Å². The molecule has 5 heteroatoms. The number of aliphatic carboxylic acids is 1. The molecule has 1 heterocycles. The van der Waals surface area contributed by atoms with Crippen LogP contribution < -0.4 is 0 Å². The average molecular weight is 187 g/mol. The Labute approximate surface area is 76.0 Å². The Morgan fingerprint density at radius 2 is 1.77 bits per heavy atom. The van der Waals surface area contributed by atoms with Gasteiger partial charge in [-0.1, -0.05) is 0 Å². The van der Waals surface area contributed by atoms with Crippen molar-refractivity contribution >= 4 is 12.1 Å². The molecule has 0 aromatic heterocycles. The van der Waals surface area contributed by atoms with Gasteiger partial charge in [0.1, 0.15) is 0 Å². The minimum atomic E-state index is -0.909. The van der Waals surface area contributed by atoms with Crippen LogP contribution in [0.1, 0.15) is 19.3 Å². The number of hydrogen-bond acceptors (Lipinski definition) is 2. The van der Waals surface area contributed by atoms with E-state index in [0.29, 0.717) is 25.9 Å². The molecule has 1 saturated heterocycles. The van der Waals surface area contributed by atoms with E-state index >= 15 is 0 Å². The van der Waals surface area contributed by atoms with E-state index in [1.165, 1.54) is 4.90 Å². The van der Waals surface area contributed by atoms with Gasteiger partial charge in [-0.3, -0.25) is 4.79 Å². The number of piperidine rings is 1. The Kier molecular flexibility index (Phi) is 3.11. The Hall–Kier alpha value is -1.26. The van der Waals surface area contributed by atoms with E-state index in [9.17, 15) is 9.59 Å². The molecular weight excluding hydrogens is 174 g/mol. The lowest BCUT2D eigenvalue weighted by atomic mass is 9.94. The summed E-state index contributed by atoms with van der Waals surface area (Å²) in [5.74, 6) is -0.651. The first-order valence-electron chi connectivity index (χ1n) is 4.29. The predicted molar refractivity (Wildman–Crippen MR) is 44.6 cm³/mol. The van der Waals surface area contributed by atoms with Gasteiger partial charge in [0.25, 0.3) is 0 Å². The van der Waals surface area contributed by atoms with Gasteiger partial charge in [0.15, 0.2) is 0 Å². The summed E-state index contributed by atoms with van der Waals surface area (Å²) >= 11 is 0.